The first-order valence-electron chi connectivity index (χ1n) is 9.43. The van der Waals surface area contributed by atoms with E-state index in [1.807, 2.05) is 42.2 Å². The van der Waals surface area contributed by atoms with Gasteiger partial charge in [0.25, 0.3) is 5.91 Å². The molecule has 0 N–H and O–H groups in total. The number of carbonyl (C=O) groups excluding carboxylic acids is 1. The van der Waals surface area contributed by atoms with E-state index in [0.717, 1.165) is 43.5 Å². The van der Waals surface area contributed by atoms with Crippen molar-refractivity contribution in [3.05, 3.63) is 64.4 Å². The lowest BCUT2D eigenvalue weighted by atomic mass is 10.0. The summed E-state index contributed by atoms with van der Waals surface area (Å²) in [5.41, 5.74) is 2.02. The molecule has 0 spiro atoms. The number of piperazine rings is 1. The molecule has 1 saturated heterocycles. The van der Waals surface area contributed by atoms with Crippen LogP contribution in [-0.4, -0.2) is 48.5 Å². The van der Waals surface area contributed by atoms with Crippen molar-refractivity contribution in [2.24, 2.45) is 0 Å². The minimum Gasteiger partial charge on any atom is -0.493 e. The Morgan fingerprint density at radius 3 is 2.48 bits per heavy atom. The second-order valence-corrected chi connectivity index (χ2v) is 7.61. The first kappa shape index (κ1) is 18.0. The minimum atomic E-state index is 0.0689. The Morgan fingerprint density at radius 2 is 1.81 bits per heavy atom. The summed E-state index contributed by atoms with van der Waals surface area (Å²) in [5.74, 6) is 0.751. The number of hydrogen-bond acceptors (Lipinski definition) is 4. The molecule has 0 radical (unpaired) electrons. The van der Waals surface area contributed by atoms with E-state index < -0.39 is 0 Å². The molecule has 140 valence electrons. The van der Waals surface area contributed by atoms with E-state index in [2.05, 4.69) is 27.8 Å². The molecule has 3 aromatic rings. The van der Waals surface area contributed by atoms with Crippen LogP contribution in [0.2, 0.25) is 0 Å². The van der Waals surface area contributed by atoms with Crippen LogP contribution in [0.15, 0.2) is 53.2 Å². The van der Waals surface area contributed by atoms with Gasteiger partial charge in [-0.25, -0.2) is 0 Å². The van der Waals surface area contributed by atoms with Gasteiger partial charge in [-0.2, -0.15) is 11.3 Å². The lowest BCUT2D eigenvalue weighted by Gasteiger charge is -2.35. The standard InChI is InChI=1S/C22H24N2O2S/c1-2-26-21-14-19-6-4-3-5-18(19)13-20(21)22(25)24-10-8-23(9-11-24)15-17-7-12-27-16-17/h3-7,12-14,16H,2,8-11,15H2,1H3. The Morgan fingerprint density at radius 1 is 1.07 bits per heavy atom. The number of carbonyl (C=O) groups is 1. The van der Waals surface area contributed by atoms with Crippen LogP contribution in [0.4, 0.5) is 0 Å². The predicted octanol–water partition coefficient (Wildman–Crippen LogP) is 4.26. The minimum absolute atomic E-state index is 0.0689. The average molecular weight is 381 g/mol. The van der Waals surface area contributed by atoms with E-state index in [-0.39, 0.29) is 5.91 Å². The average Bonchev–Trinajstić information content (AvgIpc) is 3.21. The number of fused-ring (bicyclic) bond motifs is 1. The molecule has 1 aliphatic heterocycles. The van der Waals surface area contributed by atoms with Crippen molar-refractivity contribution in [2.45, 2.75) is 13.5 Å². The van der Waals surface area contributed by atoms with Gasteiger partial charge in [-0.15, -0.1) is 0 Å². The SMILES string of the molecule is CCOc1cc2ccccc2cc1C(=O)N1CCN(Cc2ccsc2)CC1. The molecule has 4 rings (SSSR count). The van der Waals surface area contributed by atoms with Crippen molar-refractivity contribution in [1.29, 1.82) is 0 Å². The molecule has 2 heterocycles. The maximum atomic E-state index is 13.2. The fraction of sp³-hybridized carbons (Fsp3) is 0.318. The van der Waals surface area contributed by atoms with Crippen molar-refractivity contribution in [3.8, 4) is 5.75 Å². The van der Waals surface area contributed by atoms with Crippen LogP contribution in [0.5, 0.6) is 5.75 Å². The van der Waals surface area contributed by atoms with Crippen LogP contribution in [0.3, 0.4) is 0 Å². The molecule has 5 heteroatoms. The van der Waals surface area contributed by atoms with Gasteiger partial charge in [0.2, 0.25) is 0 Å². The molecule has 0 bridgehead atoms. The molecule has 0 saturated carbocycles. The quantitative estimate of drug-likeness (QED) is 0.663. The van der Waals surface area contributed by atoms with Crippen LogP contribution >= 0.6 is 11.3 Å². The molecule has 1 fully saturated rings. The molecule has 1 amide bonds. The van der Waals surface area contributed by atoms with Gasteiger partial charge in [-0.1, -0.05) is 24.3 Å². The van der Waals surface area contributed by atoms with E-state index in [0.29, 0.717) is 17.9 Å². The number of ether oxygens (including phenoxy) is 1. The van der Waals surface area contributed by atoms with Crippen molar-refractivity contribution in [2.75, 3.05) is 32.8 Å². The highest BCUT2D eigenvalue weighted by Gasteiger charge is 2.25. The summed E-state index contributed by atoms with van der Waals surface area (Å²) in [4.78, 5) is 17.6. The molecule has 1 aliphatic rings. The molecule has 2 aromatic carbocycles. The van der Waals surface area contributed by atoms with Crippen LogP contribution in [0.1, 0.15) is 22.8 Å². The summed E-state index contributed by atoms with van der Waals surface area (Å²) in [6.07, 6.45) is 0. The number of amides is 1. The summed E-state index contributed by atoms with van der Waals surface area (Å²) < 4.78 is 5.79. The maximum absolute atomic E-state index is 13.2. The summed E-state index contributed by atoms with van der Waals surface area (Å²) in [5, 5.41) is 6.48. The van der Waals surface area contributed by atoms with Gasteiger partial charge in [-0.05, 0) is 52.2 Å². The van der Waals surface area contributed by atoms with Gasteiger partial charge in [0.1, 0.15) is 5.75 Å². The Kier molecular flexibility index (Phi) is 5.41. The van der Waals surface area contributed by atoms with Crippen molar-refractivity contribution >= 4 is 28.0 Å². The highest BCUT2D eigenvalue weighted by molar-refractivity contribution is 7.07. The van der Waals surface area contributed by atoms with Crippen LogP contribution < -0.4 is 4.74 Å². The van der Waals surface area contributed by atoms with Crippen LogP contribution in [0, 0.1) is 0 Å². The topological polar surface area (TPSA) is 32.8 Å². The summed E-state index contributed by atoms with van der Waals surface area (Å²) in [6.45, 7) is 6.77. The summed E-state index contributed by atoms with van der Waals surface area (Å²) in [7, 11) is 0. The van der Waals surface area contributed by atoms with Crippen molar-refractivity contribution in [1.82, 2.24) is 9.80 Å². The number of hydrogen-bond donors (Lipinski definition) is 0. The largest absolute Gasteiger partial charge is 0.493 e. The van der Waals surface area contributed by atoms with Gasteiger partial charge < -0.3 is 9.64 Å². The van der Waals surface area contributed by atoms with Gasteiger partial charge in [0, 0.05) is 32.7 Å². The molecule has 1 aromatic heterocycles. The Labute approximate surface area is 164 Å². The fourth-order valence-corrected chi connectivity index (χ4v) is 4.24. The third-order valence-electron chi connectivity index (χ3n) is 5.02. The number of rotatable bonds is 5. The van der Waals surface area contributed by atoms with Gasteiger partial charge in [0.05, 0.1) is 12.2 Å². The first-order chi connectivity index (χ1) is 13.2. The van der Waals surface area contributed by atoms with E-state index in [1.54, 1.807) is 11.3 Å². The van der Waals surface area contributed by atoms with Gasteiger partial charge in [-0.3, -0.25) is 9.69 Å². The van der Waals surface area contributed by atoms with Crippen LogP contribution in [0.25, 0.3) is 10.8 Å². The van der Waals surface area contributed by atoms with Crippen molar-refractivity contribution < 1.29 is 9.53 Å². The zero-order chi connectivity index (χ0) is 18.6. The van der Waals surface area contributed by atoms with Crippen LogP contribution in [-0.2, 0) is 6.54 Å². The summed E-state index contributed by atoms with van der Waals surface area (Å²) >= 11 is 1.73. The summed E-state index contributed by atoms with van der Waals surface area (Å²) in [6, 6.07) is 14.2. The Bertz CT molecular complexity index is 915. The number of thiophene rings is 1. The zero-order valence-corrected chi connectivity index (χ0v) is 16.4. The lowest BCUT2D eigenvalue weighted by molar-refractivity contribution is 0.0625. The molecule has 27 heavy (non-hydrogen) atoms. The van der Waals surface area contributed by atoms with Gasteiger partial charge >= 0.3 is 0 Å². The molecule has 0 aliphatic carbocycles. The monoisotopic (exact) mass is 380 g/mol. The van der Waals surface area contributed by atoms with E-state index in [1.165, 1.54) is 5.56 Å². The van der Waals surface area contributed by atoms with E-state index in [9.17, 15) is 4.79 Å². The third kappa shape index (κ3) is 3.99. The smallest absolute Gasteiger partial charge is 0.257 e. The van der Waals surface area contributed by atoms with Crippen molar-refractivity contribution in [3.63, 3.8) is 0 Å². The second kappa shape index (κ2) is 8.11. The normalized spacial score (nSPS) is 15.2. The highest BCUT2D eigenvalue weighted by atomic mass is 32.1. The van der Waals surface area contributed by atoms with E-state index in [4.69, 9.17) is 4.74 Å². The lowest BCUT2D eigenvalue weighted by Crippen LogP contribution is -2.48. The number of nitrogens with zero attached hydrogens (tertiary/aromatic N) is 2. The zero-order valence-electron chi connectivity index (χ0n) is 15.6. The molecule has 0 unspecified atom stereocenters. The van der Waals surface area contributed by atoms with Gasteiger partial charge in [0.15, 0.2) is 0 Å². The van der Waals surface area contributed by atoms with E-state index >= 15 is 0 Å². The molecular weight excluding hydrogens is 356 g/mol. The number of benzene rings is 2. The maximum Gasteiger partial charge on any atom is 0.257 e. The highest BCUT2D eigenvalue weighted by Crippen LogP contribution is 2.28. The molecular formula is C22H24N2O2S. The third-order valence-corrected chi connectivity index (χ3v) is 5.76. The molecule has 0 atom stereocenters. The predicted molar refractivity (Wildman–Crippen MR) is 111 cm³/mol. The second-order valence-electron chi connectivity index (χ2n) is 6.83. The Balaban J connectivity index is 1.50. The molecule has 4 nitrogen and oxygen atoms in total. The fourth-order valence-electron chi connectivity index (χ4n) is 3.58. The first-order valence-corrected chi connectivity index (χ1v) is 10.4. The Hall–Kier alpha value is -2.37.